The highest BCUT2D eigenvalue weighted by Crippen LogP contribution is 2.50. The van der Waals surface area contributed by atoms with Crippen LogP contribution in [-0.2, 0) is 16.0 Å². The Labute approximate surface area is 273 Å². The van der Waals surface area contributed by atoms with Gasteiger partial charge in [-0.2, -0.15) is 0 Å². The lowest BCUT2D eigenvalue weighted by Crippen LogP contribution is -2.41. The van der Waals surface area contributed by atoms with Gasteiger partial charge in [0.1, 0.15) is 6.04 Å². The topological polar surface area (TPSA) is 145 Å². The van der Waals surface area contributed by atoms with E-state index in [-0.39, 0.29) is 28.8 Å². The van der Waals surface area contributed by atoms with Crippen LogP contribution in [0.3, 0.4) is 0 Å². The third kappa shape index (κ3) is 6.86. The highest BCUT2D eigenvalue weighted by atomic mass is 16.5. The van der Waals surface area contributed by atoms with Crippen molar-refractivity contribution >= 4 is 23.1 Å². The Morgan fingerprint density at radius 1 is 1.00 bits per heavy atom. The summed E-state index contributed by atoms with van der Waals surface area (Å²) in [4.78, 5) is 39.6. The number of carbonyl (C=O) groups is 2. The summed E-state index contributed by atoms with van der Waals surface area (Å²) >= 11 is 0. The molecule has 3 atom stereocenters. The summed E-state index contributed by atoms with van der Waals surface area (Å²) in [6.07, 6.45) is 3.65. The van der Waals surface area contributed by atoms with E-state index < -0.39 is 18.1 Å². The molecule has 2 amide bonds. The van der Waals surface area contributed by atoms with Crippen molar-refractivity contribution in [3.63, 3.8) is 0 Å². The molecular formula is C35H42N6O6. The van der Waals surface area contributed by atoms with Gasteiger partial charge in [0.25, 0.3) is 0 Å². The van der Waals surface area contributed by atoms with Crippen molar-refractivity contribution in [2.75, 3.05) is 26.6 Å². The van der Waals surface area contributed by atoms with Crippen molar-refractivity contribution in [2.24, 2.45) is 5.92 Å². The molecule has 0 unspecified atom stereocenters. The zero-order valence-electron chi connectivity index (χ0n) is 27.8. The number of carbonyl (C=O) groups excluding carboxylic acids is 2. The van der Waals surface area contributed by atoms with Crippen molar-refractivity contribution in [1.82, 2.24) is 25.2 Å². The molecule has 2 heterocycles. The molecule has 2 aromatic heterocycles. The van der Waals surface area contributed by atoms with Crippen molar-refractivity contribution in [3.05, 3.63) is 75.8 Å². The van der Waals surface area contributed by atoms with Gasteiger partial charge in [-0.15, -0.1) is 10.2 Å². The molecule has 4 aromatic rings. The Kier molecular flexibility index (Phi) is 9.97. The summed E-state index contributed by atoms with van der Waals surface area (Å²) in [5, 5.41) is 17.9. The smallest absolute Gasteiger partial charge is 0.242 e. The Hall–Kier alpha value is -5.13. The zero-order chi connectivity index (χ0) is 33.8. The van der Waals surface area contributed by atoms with Gasteiger partial charge in [0.05, 0.1) is 39.1 Å². The number of nitrogens with zero attached hydrogens (tertiary/aromatic N) is 3. The molecule has 0 radical (unpaired) electrons. The summed E-state index contributed by atoms with van der Waals surface area (Å²) < 4.78 is 19.0. The van der Waals surface area contributed by atoms with E-state index in [1.165, 1.54) is 20.1 Å². The second-order valence-electron chi connectivity index (χ2n) is 12.1. The number of hydrogen-bond donors (Lipinski definition) is 3. The zero-order valence-corrected chi connectivity index (χ0v) is 27.8. The molecule has 12 heteroatoms. The first-order valence-electron chi connectivity index (χ1n) is 15.7. The molecule has 12 nitrogen and oxygen atoms in total. The normalized spacial score (nSPS) is 15.1. The van der Waals surface area contributed by atoms with Crippen LogP contribution in [0.5, 0.6) is 17.2 Å². The largest absolute Gasteiger partial charge is 0.493 e. The number of rotatable bonds is 11. The number of hydrogen-bond acceptors (Lipinski definition) is 9. The third-order valence-corrected chi connectivity index (χ3v) is 8.36. The van der Waals surface area contributed by atoms with Crippen LogP contribution >= 0.6 is 0 Å². The van der Waals surface area contributed by atoms with Crippen molar-refractivity contribution in [2.45, 2.75) is 65.1 Å². The molecule has 1 aliphatic carbocycles. The van der Waals surface area contributed by atoms with E-state index in [4.69, 9.17) is 14.2 Å². The van der Waals surface area contributed by atoms with Gasteiger partial charge in [-0.3, -0.25) is 18.8 Å². The first-order valence-corrected chi connectivity index (χ1v) is 15.7. The van der Waals surface area contributed by atoms with Crippen LogP contribution in [0.1, 0.15) is 69.6 Å². The molecule has 0 saturated heterocycles. The van der Waals surface area contributed by atoms with Crippen LogP contribution in [0.15, 0.2) is 53.5 Å². The fraction of sp³-hybridized carbons (Fsp3) is 0.400. The molecular weight excluding hydrogens is 600 g/mol. The molecule has 0 saturated carbocycles. The van der Waals surface area contributed by atoms with Gasteiger partial charge in [-0.25, -0.2) is 0 Å². The summed E-state index contributed by atoms with van der Waals surface area (Å²) in [5.74, 6) is 1.80. The van der Waals surface area contributed by atoms with E-state index in [0.29, 0.717) is 59.1 Å². The van der Waals surface area contributed by atoms with Crippen LogP contribution in [-0.4, -0.2) is 53.8 Å². The Morgan fingerprint density at radius 2 is 1.77 bits per heavy atom. The van der Waals surface area contributed by atoms with E-state index in [1.807, 2.05) is 40.9 Å². The fourth-order valence-electron chi connectivity index (χ4n) is 6.22. The number of ether oxygens (including phenoxy) is 3. The quantitative estimate of drug-likeness (QED) is 0.214. The van der Waals surface area contributed by atoms with E-state index in [0.717, 1.165) is 11.1 Å². The molecule has 248 valence electrons. The monoisotopic (exact) mass is 642 g/mol. The second-order valence-corrected chi connectivity index (χ2v) is 12.1. The lowest BCUT2D eigenvalue weighted by atomic mass is 9.95. The van der Waals surface area contributed by atoms with Crippen LogP contribution in [0.25, 0.3) is 16.8 Å². The van der Waals surface area contributed by atoms with Crippen LogP contribution in [0.2, 0.25) is 0 Å². The lowest BCUT2D eigenvalue weighted by Gasteiger charge is -2.22. The predicted molar refractivity (Wildman–Crippen MR) is 179 cm³/mol. The third-order valence-electron chi connectivity index (χ3n) is 8.36. The molecule has 1 aliphatic rings. The first kappa shape index (κ1) is 33.2. The number of benzene rings is 1. The van der Waals surface area contributed by atoms with Crippen molar-refractivity contribution < 1.29 is 23.8 Å². The molecule has 0 spiro atoms. The summed E-state index contributed by atoms with van der Waals surface area (Å²) in [7, 11) is 4.65. The Morgan fingerprint density at radius 3 is 2.45 bits per heavy atom. The average molecular weight is 643 g/mol. The maximum absolute atomic E-state index is 13.8. The Bertz CT molecular complexity index is 1850. The minimum atomic E-state index is -0.768. The molecule has 2 aromatic carbocycles. The van der Waals surface area contributed by atoms with Crippen LogP contribution in [0.4, 0.5) is 5.69 Å². The number of methoxy groups -OCH3 is 3. The van der Waals surface area contributed by atoms with Gasteiger partial charge in [0.2, 0.25) is 23.0 Å². The molecule has 5 rings (SSSR count). The van der Waals surface area contributed by atoms with Gasteiger partial charge in [-0.1, -0.05) is 26.0 Å². The first-order chi connectivity index (χ1) is 22.6. The van der Waals surface area contributed by atoms with Gasteiger partial charge in [0, 0.05) is 18.7 Å². The SMILES string of the molecule is COc1cc2c(c(OC)c1OC)-c1ccc(N[C@H](C)C(=O)N[C@H](CC(C)C)c3nnc4ccccn34)c(=O)cc1[C@H](NC(C)=O)CC2. The van der Waals surface area contributed by atoms with Gasteiger partial charge in [-0.05, 0) is 79.1 Å². The number of aryl methyl sites for hydroxylation is 1. The predicted octanol–water partition coefficient (Wildman–Crippen LogP) is 4.61. The summed E-state index contributed by atoms with van der Waals surface area (Å²) in [5.41, 5.74) is 3.60. The molecule has 0 fully saturated rings. The standard InChI is InChI=1S/C35H42N6O6/c1-19(2)16-27(34-40-39-30-10-8-9-15-41(30)34)38-35(44)20(3)36-26-14-12-23-24(18-28(26)43)25(37-21(4)42)13-11-22-17-29(45-5)32(46-6)33(47-7)31(22)23/h8-10,12,14-15,17-20,25,27H,11,13,16H2,1-7H3,(H,36,43)(H,37,42)(H,38,44)/t20-,25-,27-/m1/s1. The summed E-state index contributed by atoms with van der Waals surface area (Å²) in [6, 6.07) is 10.9. The van der Waals surface area contributed by atoms with Crippen LogP contribution in [0, 0.1) is 5.92 Å². The average Bonchev–Trinajstić information content (AvgIpc) is 3.34. The number of pyridine rings is 1. The molecule has 0 aliphatic heterocycles. The highest BCUT2D eigenvalue weighted by Gasteiger charge is 2.30. The van der Waals surface area contributed by atoms with Crippen molar-refractivity contribution in [3.8, 4) is 28.4 Å². The number of fused-ring (bicyclic) bond motifs is 4. The number of anilines is 1. The lowest BCUT2D eigenvalue weighted by molar-refractivity contribution is -0.122. The number of nitrogens with one attached hydrogen (secondary N) is 3. The van der Waals surface area contributed by atoms with Gasteiger partial charge < -0.3 is 30.2 Å². The number of amides is 2. The van der Waals surface area contributed by atoms with Gasteiger partial charge in [0.15, 0.2) is 23.0 Å². The van der Waals surface area contributed by atoms with Crippen molar-refractivity contribution in [1.29, 1.82) is 0 Å². The summed E-state index contributed by atoms with van der Waals surface area (Å²) in [6.45, 7) is 7.31. The minimum absolute atomic E-state index is 0.215. The second kappa shape index (κ2) is 14.1. The molecule has 0 bridgehead atoms. The molecule has 47 heavy (non-hydrogen) atoms. The van der Waals surface area contributed by atoms with Gasteiger partial charge >= 0.3 is 0 Å². The maximum Gasteiger partial charge on any atom is 0.242 e. The Balaban J connectivity index is 1.52. The fourth-order valence-corrected chi connectivity index (χ4v) is 6.22. The molecule has 3 N–H and O–H groups in total. The van der Waals surface area contributed by atoms with E-state index >= 15 is 0 Å². The minimum Gasteiger partial charge on any atom is -0.493 e. The van der Waals surface area contributed by atoms with E-state index in [2.05, 4.69) is 40.0 Å². The highest BCUT2D eigenvalue weighted by molar-refractivity contribution is 5.86. The number of aromatic nitrogens is 3. The van der Waals surface area contributed by atoms with E-state index in [9.17, 15) is 14.4 Å². The van der Waals surface area contributed by atoms with Crippen LogP contribution < -0.4 is 35.6 Å². The maximum atomic E-state index is 13.8. The van der Waals surface area contributed by atoms with E-state index in [1.54, 1.807) is 27.2 Å².